The van der Waals surface area contributed by atoms with Gasteiger partial charge in [0.25, 0.3) is 0 Å². The molecule has 1 aliphatic rings. The van der Waals surface area contributed by atoms with Crippen LogP contribution in [0.1, 0.15) is 25.0 Å². The number of nitrogens with zero attached hydrogens (tertiary/aromatic N) is 1. The Bertz CT molecular complexity index is 666. The summed E-state index contributed by atoms with van der Waals surface area (Å²) in [6.07, 6.45) is 4.42. The van der Waals surface area contributed by atoms with E-state index in [1.54, 1.807) is 23.5 Å². The maximum atomic E-state index is 10.6. The van der Waals surface area contributed by atoms with Crippen molar-refractivity contribution in [2.24, 2.45) is 0 Å². The summed E-state index contributed by atoms with van der Waals surface area (Å²) in [5.41, 5.74) is 0.285. The Hall–Kier alpha value is -1.41. The van der Waals surface area contributed by atoms with E-state index >= 15 is 0 Å². The van der Waals surface area contributed by atoms with E-state index in [4.69, 9.17) is 0 Å². The van der Waals surface area contributed by atoms with Crippen LogP contribution >= 0.6 is 23.5 Å². The van der Waals surface area contributed by atoms with Gasteiger partial charge in [0.15, 0.2) is 5.60 Å². The van der Waals surface area contributed by atoms with Crippen molar-refractivity contribution < 1.29 is 5.11 Å². The molecule has 1 heterocycles. The third kappa shape index (κ3) is 4.78. The van der Waals surface area contributed by atoms with Gasteiger partial charge in [0.2, 0.25) is 0 Å². The minimum atomic E-state index is -1.43. The van der Waals surface area contributed by atoms with E-state index in [9.17, 15) is 10.4 Å². The molecule has 1 N–H and O–H groups in total. The number of hydrogen-bond donors (Lipinski definition) is 1. The average Bonchev–Trinajstić information content (AvgIpc) is 2.72. The van der Waals surface area contributed by atoms with Crippen LogP contribution in [0.2, 0.25) is 0 Å². The van der Waals surface area contributed by atoms with E-state index in [0.29, 0.717) is 12.0 Å². The summed E-state index contributed by atoms with van der Waals surface area (Å²) >= 11 is 3.36. The molecule has 3 rings (SSSR count). The van der Waals surface area contributed by atoms with E-state index < -0.39 is 5.60 Å². The number of fused-ring (bicyclic) bond motifs is 2. The zero-order valence-corrected chi connectivity index (χ0v) is 15.7. The monoisotopic (exact) mass is 345 g/mol. The lowest BCUT2D eigenvalue weighted by atomic mass is 9.89. The predicted octanol–water partition coefficient (Wildman–Crippen LogP) is 5.11. The van der Waals surface area contributed by atoms with Crippen LogP contribution in [-0.2, 0) is 12.0 Å². The molecule has 0 amide bonds. The molecule has 0 saturated carbocycles. The molecule has 0 bridgehead atoms. The zero-order chi connectivity index (χ0) is 17.3. The van der Waals surface area contributed by atoms with E-state index in [-0.39, 0.29) is 0 Å². The van der Waals surface area contributed by atoms with Gasteiger partial charge in [-0.3, -0.25) is 0 Å². The maximum absolute atomic E-state index is 10.6. The van der Waals surface area contributed by atoms with Crippen molar-refractivity contribution in [1.82, 2.24) is 0 Å². The SMILES string of the molecule is CC.CSC.N#CC1(O)Cc2ccccc2Sc2ccccc21. The highest BCUT2D eigenvalue weighted by molar-refractivity contribution is 7.99. The standard InChI is InChI=1S/C15H11NOS.C2H6S.C2H6/c16-10-15(17)9-11-5-1-3-7-13(11)18-14-8-4-2-6-12(14)15;1-3-2;1-2/h1-8,17H,9H2;1-2H3;1-2H3. The van der Waals surface area contributed by atoms with E-state index in [0.717, 1.165) is 15.4 Å². The molecule has 122 valence electrons. The van der Waals surface area contributed by atoms with Crippen LogP contribution in [0.4, 0.5) is 0 Å². The summed E-state index contributed by atoms with van der Waals surface area (Å²) in [5, 5.41) is 19.9. The molecule has 0 aromatic heterocycles. The first-order chi connectivity index (χ1) is 11.1. The molecular formula is C19H23NOS2. The van der Waals surface area contributed by atoms with Gasteiger partial charge in [0.1, 0.15) is 6.07 Å². The number of hydrogen-bond acceptors (Lipinski definition) is 4. The minimum absolute atomic E-state index is 0.337. The van der Waals surface area contributed by atoms with Crippen LogP contribution in [0.25, 0.3) is 0 Å². The van der Waals surface area contributed by atoms with E-state index in [1.807, 2.05) is 74.9 Å². The van der Waals surface area contributed by atoms with Gasteiger partial charge in [-0.15, -0.1) is 0 Å². The van der Waals surface area contributed by atoms with Crippen molar-refractivity contribution in [3.8, 4) is 6.07 Å². The molecule has 1 atom stereocenters. The summed E-state index contributed by atoms with van der Waals surface area (Å²) in [6, 6.07) is 17.5. The third-order valence-electron chi connectivity index (χ3n) is 3.16. The first kappa shape index (κ1) is 19.6. The van der Waals surface area contributed by atoms with Crippen molar-refractivity contribution in [2.75, 3.05) is 12.5 Å². The van der Waals surface area contributed by atoms with Crippen molar-refractivity contribution in [2.45, 2.75) is 35.7 Å². The molecule has 0 radical (unpaired) electrons. The van der Waals surface area contributed by atoms with E-state index in [1.165, 1.54) is 0 Å². The highest BCUT2D eigenvalue weighted by atomic mass is 32.2. The highest BCUT2D eigenvalue weighted by Crippen LogP contribution is 2.42. The topological polar surface area (TPSA) is 44.0 Å². The van der Waals surface area contributed by atoms with Gasteiger partial charge in [-0.05, 0) is 30.2 Å². The van der Waals surface area contributed by atoms with E-state index in [2.05, 4.69) is 6.07 Å². The molecule has 2 aromatic rings. The van der Waals surface area contributed by atoms with Gasteiger partial charge in [-0.1, -0.05) is 62.0 Å². The summed E-state index contributed by atoms with van der Waals surface area (Å²) in [7, 11) is 0. The average molecular weight is 346 g/mol. The van der Waals surface area contributed by atoms with Crippen LogP contribution in [-0.4, -0.2) is 17.6 Å². The molecule has 2 aromatic carbocycles. The predicted molar refractivity (Wildman–Crippen MR) is 101 cm³/mol. The number of benzene rings is 2. The van der Waals surface area contributed by atoms with Crippen molar-refractivity contribution in [3.05, 3.63) is 59.7 Å². The third-order valence-corrected chi connectivity index (χ3v) is 4.35. The Morgan fingerprint density at radius 3 is 2.17 bits per heavy atom. The van der Waals surface area contributed by atoms with Crippen LogP contribution in [0.5, 0.6) is 0 Å². The van der Waals surface area contributed by atoms with Gasteiger partial charge >= 0.3 is 0 Å². The number of nitriles is 1. The summed E-state index contributed by atoms with van der Waals surface area (Å²) in [5.74, 6) is 0. The molecule has 1 unspecified atom stereocenters. The molecule has 23 heavy (non-hydrogen) atoms. The van der Waals surface area contributed by atoms with Gasteiger partial charge in [-0.2, -0.15) is 17.0 Å². The number of rotatable bonds is 0. The number of aliphatic hydroxyl groups is 1. The fourth-order valence-corrected chi connectivity index (χ4v) is 3.38. The van der Waals surface area contributed by atoms with Crippen LogP contribution in [0.3, 0.4) is 0 Å². The highest BCUT2D eigenvalue weighted by Gasteiger charge is 2.35. The largest absolute Gasteiger partial charge is 0.371 e. The van der Waals surface area contributed by atoms with Gasteiger partial charge in [-0.25, -0.2) is 0 Å². The second-order valence-corrected chi connectivity index (χ2v) is 6.66. The first-order valence-electron chi connectivity index (χ1n) is 7.53. The Kier molecular flexibility index (Phi) is 8.25. The molecular weight excluding hydrogens is 322 g/mol. The first-order valence-corrected chi connectivity index (χ1v) is 9.98. The normalized spacial score (nSPS) is 17.7. The zero-order valence-electron chi connectivity index (χ0n) is 14.0. The number of thioether (sulfide) groups is 1. The maximum Gasteiger partial charge on any atom is 0.181 e. The fraction of sp³-hybridized carbons (Fsp3) is 0.316. The molecule has 0 aliphatic carbocycles. The summed E-state index contributed by atoms with van der Waals surface area (Å²) in [4.78, 5) is 2.06. The Balaban J connectivity index is 0.000000477. The minimum Gasteiger partial charge on any atom is -0.371 e. The smallest absolute Gasteiger partial charge is 0.181 e. The molecule has 0 spiro atoms. The molecule has 2 nitrogen and oxygen atoms in total. The van der Waals surface area contributed by atoms with Gasteiger partial charge < -0.3 is 5.11 Å². The molecule has 4 heteroatoms. The second-order valence-electron chi connectivity index (χ2n) is 4.76. The molecule has 0 saturated heterocycles. The van der Waals surface area contributed by atoms with Gasteiger partial charge in [0, 0.05) is 21.8 Å². The van der Waals surface area contributed by atoms with Crippen molar-refractivity contribution >= 4 is 23.5 Å². The van der Waals surface area contributed by atoms with Crippen molar-refractivity contribution in [3.63, 3.8) is 0 Å². The lowest BCUT2D eigenvalue weighted by molar-refractivity contribution is 0.0953. The Morgan fingerprint density at radius 2 is 1.57 bits per heavy atom. The van der Waals surface area contributed by atoms with Crippen LogP contribution in [0, 0.1) is 11.3 Å². The van der Waals surface area contributed by atoms with Gasteiger partial charge in [0.05, 0.1) is 0 Å². The van der Waals surface area contributed by atoms with Crippen LogP contribution < -0.4 is 0 Å². The summed E-state index contributed by atoms with van der Waals surface area (Å²) in [6.45, 7) is 4.00. The molecule has 1 aliphatic heterocycles. The van der Waals surface area contributed by atoms with Crippen LogP contribution in [0.15, 0.2) is 58.3 Å². The molecule has 0 fully saturated rings. The lowest BCUT2D eigenvalue weighted by Gasteiger charge is -2.20. The summed E-state index contributed by atoms with van der Waals surface area (Å²) < 4.78 is 0. The Labute approximate surface area is 147 Å². The van der Waals surface area contributed by atoms with Crippen molar-refractivity contribution in [1.29, 1.82) is 5.26 Å². The quantitative estimate of drug-likeness (QED) is 0.674. The lowest BCUT2D eigenvalue weighted by Crippen LogP contribution is -2.26. The second kappa shape index (κ2) is 9.67. The fourth-order valence-electron chi connectivity index (χ4n) is 2.24. The Morgan fingerprint density at radius 1 is 1.04 bits per heavy atom.